The van der Waals surface area contributed by atoms with E-state index in [1.165, 1.54) is 49.2 Å². The third-order valence-electron chi connectivity index (χ3n) is 5.65. The standard InChI is InChI=1S/C24H32FN2O8PS/c1-14(2)33-22(30)16(4)26-36(37,35-18-8-6-17(25)7-9-18)32-13-19-21(29)24(5,31)23(34-19)27-11-10-15(3)12-20(27)28/h6-11,14,16,19,21,23,29,31H,3,12-13H2,1-2,4-5H3,(H,26,37)/t16?,19-,21-,23-,24-,36?/m1/s1. The summed E-state index contributed by atoms with van der Waals surface area (Å²) in [5, 5.41) is 24.6. The predicted octanol–water partition coefficient (Wildman–Crippen LogP) is 2.51. The first-order valence-corrected chi connectivity index (χ1v) is 14.3. The molecule has 2 unspecified atom stereocenters. The normalized spacial score (nSPS) is 28.3. The SMILES string of the molecule is C=C1C=CN([C@@H]2O[C@H](COP(=S)(NC(C)C(=O)OC(C)C)Oc3ccc(F)cc3)[C@@H](O)[C@@]2(C)O)C(=O)C1. The summed E-state index contributed by atoms with van der Waals surface area (Å²) in [6, 6.07) is 4.12. The van der Waals surface area contributed by atoms with Crippen LogP contribution in [0.2, 0.25) is 0 Å². The largest absolute Gasteiger partial charge is 0.462 e. The molecule has 2 heterocycles. The van der Waals surface area contributed by atoms with Gasteiger partial charge in [-0.2, -0.15) is 0 Å². The fourth-order valence-electron chi connectivity index (χ4n) is 3.72. The lowest BCUT2D eigenvalue weighted by Gasteiger charge is -2.35. The van der Waals surface area contributed by atoms with Crippen molar-refractivity contribution >= 4 is 30.3 Å². The number of halogens is 1. The second kappa shape index (κ2) is 11.7. The van der Waals surface area contributed by atoms with Crippen molar-refractivity contribution in [3.05, 3.63) is 54.5 Å². The van der Waals surface area contributed by atoms with Crippen LogP contribution in [0.25, 0.3) is 0 Å². The monoisotopic (exact) mass is 558 g/mol. The van der Waals surface area contributed by atoms with Crippen LogP contribution < -0.4 is 9.61 Å². The maximum absolute atomic E-state index is 13.4. The molecule has 3 rings (SSSR count). The molecule has 0 aliphatic carbocycles. The molecule has 10 nitrogen and oxygen atoms in total. The van der Waals surface area contributed by atoms with E-state index in [0.717, 1.165) is 0 Å². The first-order valence-electron chi connectivity index (χ1n) is 11.6. The maximum atomic E-state index is 13.4. The molecular formula is C24H32FN2O8PS. The number of hydrogen-bond donors (Lipinski definition) is 3. The topological polar surface area (TPSA) is 127 Å². The van der Waals surface area contributed by atoms with E-state index >= 15 is 0 Å². The average Bonchev–Trinajstić information content (AvgIpc) is 3.02. The minimum Gasteiger partial charge on any atom is -0.462 e. The molecule has 1 aromatic carbocycles. The van der Waals surface area contributed by atoms with Crippen molar-refractivity contribution in [2.45, 2.75) is 70.3 Å². The van der Waals surface area contributed by atoms with Gasteiger partial charge in [-0.05, 0) is 75.4 Å². The van der Waals surface area contributed by atoms with Gasteiger partial charge < -0.3 is 28.7 Å². The van der Waals surface area contributed by atoms with Gasteiger partial charge in [0.2, 0.25) is 5.91 Å². The lowest BCUT2D eigenvalue weighted by molar-refractivity contribution is -0.156. The molecule has 6 atom stereocenters. The van der Waals surface area contributed by atoms with Crippen molar-refractivity contribution in [1.29, 1.82) is 0 Å². The minimum atomic E-state index is -3.52. The van der Waals surface area contributed by atoms with Crippen LogP contribution in [0.1, 0.15) is 34.1 Å². The van der Waals surface area contributed by atoms with Gasteiger partial charge in [0.05, 0.1) is 19.1 Å². The van der Waals surface area contributed by atoms with Gasteiger partial charge in [0, 0.05) is 6.20 Å². The number of esters is 1. The highest BCUT2D eigenvalue weighted by molar-refractivity contribution is 8.09. The summed E-state index contributed by atoms with van der Waals surface area (Å²) in [6.07, 6.45) is -1.02. The first-order chi connectivity index (χ1) is 17.2. The van der Waals surface area contributed by atoms with Crippen LogP contribution in [0.15, 0.2) is 48.7 Å². The smallest absolute Gasteiger partial charge is 0.323 e. The van der Waals surface area contributed by atoms with Gasteiger partial charge in [0.25, 0.3) is 0 Å². The Morgan fingerprint density at radius 2 is 2.03 bits per heavy atom. The summed E-state index contributed by atoms with van der Waals surface area (Å²) in [5.41, 5.74) is -1.23. The van der Waals surface area contributed by atoms with Gasteiger partial charge in [-0.25, -0.2) is 9.48 Å². The van der Waals surface area contributed by atoms with Crippen molar-refractivity contribution in [3.8, 4) is 5.75 Å². The van der Waals surface area contributed by atoms with Crippen LogP contribution in [0.5, 0.6) is 5.75 Å². The van der Waals surface area contributed by atoms with E-state index in [1.54, 1.807) is 19.9 Å². The lowest BCUT2D eigenvalue weighted by Crippen LogP contribution is -2.53. The van der Waals surface area contributed by atoms with E-state index in [4.69, 9.17) is 30.3 Å². The van der Waals surface area contributed by atoms with E-state index in [-0.39, 0.29) is 30.8 Å². The number of hydrogen-bond acceptors (Lipinski definition) is 9. The molecule has 0 spiro atoms. The van der Waals surface area contributed by atoms with Gasteiger partial charge in [-0.15, -0.1) is 0 Å². The third kappa shape index (κ3) is 7.23. The van der Waals surface area contributed by atoms with Crippen LogP contribution in [0.3, 0.4) is 0 Å². The lowest BCUT2D eigenvalue weighted by atomic mass is 9.95. The number of amides is 1. The van der Waals surface area contributed by atoms with E-state index in [0.29, 0.717) is 5.57 Å². The van der Waals surface area contributed by atoms with Crippen LogP contribution in [0.4, 0.5) is 4.39 Å². The fourth-order valence-corrected chi connectivity index (χ4v) is 6.14. The number of nitrogens with zero attached hydrogens (tertiary/aromatic N) is 1. The highest BCUT2D eigenvalue weighted by atomic mass is 32.5. The number of aliphatic hydroxyl groups is 2. The second-order valence-corrected chi connectivity index (χ2v) is 12.5. The van der Waals surface area contributed by atoms with Crippen LogP contribution in [-0.4, -0.2) is 69.8 Å². The molecule has 1 fully saturated rings. The van der Waals surface area contributed by atoms with Crippen molar-refractivity contribution in [3.63, 3.8) is 0 Å². The van der Waals surface area contributed by atoms with E-state index in [2.05, 4.69) is 11.7 Å². The maximum Gasteiger partial charge on any atom is 0.323 e. The average molecular weight is 559 g/mol. The molecule has 1 saturated heterocycles. The van der Waals surface area contributed by atoms with E-state index in [9.17, 15) is 24.2 Å². The Hall–Kier alpha value is -2.18. The number of nitrogens with one attached hydrogen (secondary N) is 1. The number of benzene rings is 1. The summed E-state index contributed by atoms with van der Waals surface area (Å²) >= 11 is 5.61. The molecule has 0 aromatic heterocycles. The Morgan fingerprint density at radius 1 is 1.38 bits per heavy atom. The highest BCUT2D eigenvalue weighted by Gasteiger charge is 2.55. The van der Waals surface area contributed by atoms with Gasteiger partial charge in [0.15, 0.2) is 6.23 Å². The zero-order chi connectivity index (χ0) is 27.5. The van der Waals surface area contributed by atoms with Gasteiger partial charge in [-0.3, -0.25) is 14.5 Å². The van der Waals surface area contributed by atoms with E-state index in [1.807, 2.05) is 0 Å². The molecule has 2 aliphatic rings. The van der Waals surface area contributed by atoms with Gasteiger partial charge >= 0.3 is 12.6 Å². The van der Waals surface area contributed by atoms with Gasteiger partial charge in [-0.1, -0.05) is 6.58 Å². The summed E-state index contributed by atoms with van der Waals surface area (Å²) in [6.45, 7) is 6.14. The molecule has 0 bridgehead atoms. The summed E-state index contributed by atoms with van der Waals surface area (Å²) < 4.78 is 36.1. The fraction of sp³-hybridized carbons (Fsp3) is 0.500. The molecule has 204 valence electrons. The second-order valence-electron chi connectivity index (χ2n) is 9.32. The molecule has 0 saturated carbocycles. The van der Waals surface area contributed by atoms with Crippen molar-refractivity contribution in [2.24, 2.45) is 0 Å². The Labute approximate surface area is 220 Å². The number of carbonyl (C=O) groups is 2. The summed E-state index contributed by atoms with van der Waals surface area (Å²) in [7, 11) is 0. The molecule has 13 heteroatoms. The molecule has 1 amide bonds. The number of allylic oxidation sites excluding steroid dienone is 1. The van der Waals surface area contributed by atoms with Crippen molar-refractivity contribution in [2.75, 3.05) is 6.61 Å². The molecule has 2 aliphatic heterocycles. The number of aliphatic hydroxyl groups excluding tert-OH is 1. The van der Waals surface area contributed by atoms with Crippen LogP contribution in [0, 0.1) is 5.82 Å². The van der Waals surface area contributed by atoms with E-state index < -0.39 is 48.5 Å². The Balaban J connectivity index is 1.77. The molecule has 3 N–H and O–H groups in total. The zero-order valence-corrected chi connectivity index (χ0v) is 22.7. The Morgan fingerprint density at radius 3 is 2.62 bits per heavy atom. The number of rotatable bonds is 10. The Bertz CT molecular complexity index is 1100. The van der Waals surface area contributed by atoms with Crippen molar-refractivity contribution in [1.82, 2.24) is 9.99 Å². The first kappa shape index (κ1) is 29.4. The molecule has 1 aromatic rings. The zero-order valence-electron chi connectivity index (χ0n) is 21.0. The predicted molar refractivity (Wildman–Crippen MR) is 136 cm³/mol. The number of carbonyl (C=O) groups excluding carboxylic acids is 2. The third-order valence-corrected chi connectivity index (χ3v) is 8.15. The van der Waals surface area contributed by atoms with Crippen LogP contribution >= 0.6 is 6.64 Å². The highest BCUT2D eigenvalue weighted by Crippen LogP contribution is 2.47. The van der Waals surface area contributed by atoms with Crippen molar-refractivity contribution < 1.29 is 42.7 Å². The van der Waals surface area contributed by atoms with Crippen LogP contribution in [-0.2, 0) is 35.4 Å². The van der Waals surface area contributed by atoms with Gasteiger partial charge in [0.1, 0.15) is 35.4 Å². The molecule has 37 heavy (non-hydrogen) atoms. The molecular weight excluding hydrogens is 526 g/mol. The summed E-state index contributed by atoms with van der Waals surface area (Å²) in [5.74, 6) is -1.24. The quantitative estimate of drug-likeness (QED) is 0.291. The summed E-state index contributed by atoms with van der Waals surface area (Å²) in [4.78, 5) is 26.1. The number of ether oxygens (including phenoxy) is 2. The Kier molecular flexibility index (Phi) is 9.28. The minimum absolute atomic E-state index is 0.0459. The molecule has 0 radical (unpaired) electrons.